The van der Waals surface area contributed by atoms with Crippen LogP contribution in [0.2, 0.25) is 0 Å². The molecule has 0 aliphatic carbocycles. The molecule has 3 unspecified atom stereocenters. The highest BCUT2D eigenvalue weighted by molar-refractivity contribution is 7.85. The fourth-order valence-corrected chi connectivity index (χ4v) is 6.48. The normalized spacial score (nSPS) is 14.3. The highest BCUT2D eigenvalue weighted by Gasteiger charge is 2.27. The lowest BCUT2D eigenvalue weighted by atomic mass is 10.0. The Morgan fingerprint density at radius 2 is 0.957 bits per heavy atom. The summed E-state index contributed by atoms with van der Waals surface area (Å²) in [5.41, 5.74) is 0. The number of carbonyl (C=O) groups is 1. The molecule has 3 atom stereocenters. The SMILES string of the molecule is CCCCCCC/C=C/C(O)C(CS(=O)(=O)O)NC(=O)C(O)CCCCCCCC/C=C\CCCCCCCCCCCCCC. The lowest BCUT2D eigenvalue weighted by molar-refractivity contribution is -0.130. The molecule has 0 saturated carbocycles. The highest BCUT2D eigenvalue weighted by Crippen LogP contribution is 2.14. The minimum Gasteiger partial charge on any atom is -0.387 e. The Bertz CT molecular complexity index is 844. The summed E-state index contributed by atoms with van der Waals surface area (Å²) in [6.45, 7) is 4.42. The fraction of sp³-hybridized carbons (Fsp3) is 0.868. The third kappa shape index (κ3) is 31.4. The van der Waals surface area contributed by atoms with Crippen molar-refractivity contribution in [1.82, 2.24) is 5.32 Å². The van der Waals surface area contributed by atoms with E-state index in [1.807, 2.05) is 0 Å². The van der Waals surface area contributed by atoms with E-state index in [2.05, 4.69) is 31.3 Å². The quantitative estimate of drug-likeness (QED) is 0.0307. The van der Waals surface area contributed by atoms with Gasteiger partial charge in [0.25, 0.3) is 10.1 Å². The van der Waals surface area contributed by atoms with Crippen LogP contribution in [0.15, 0.2) is 24.3 Å². The van der Waals surface area contributed by atoms with Gasteiger partial charge in [-0.3, -0.25) is 9.35 Å². The number of hydrogen-bond acceptors (Lipinski definition) is 5. The molecule has 8 heteroatoms. The second kappa shape index (κ2) is 32.3. The number of aliphatic hydroxyl groups is 2. The number of nitrogens with one attached hydrogen (secondary N) is 1. The van der Waals surface area contributed by atoms with Crippen LogP contribution in [-0.4, -0.2) is 53.1 Å². The van der Waals surface area contributed by atoms with Crippen LogP contribution in [0.1, 0.15) is 187 Å². The zero-order valence-electron chi connectivity index (χ0n) is 29.8. The Labute approximate surface area is 284 Å². The van der Waals surface area contributed by atoms with Crippen LogP contribution in [0.25, 0.3) is 0 Å². The minimum absolute atomic E-state index is 0.274. The van der Waals surface area contributed by atoms with Gasteiger partial charge in [-0.25, -0.2) is 0 Å². The number of amides is 1. The van der Waals surface area contributed by atoms with Crippen LogP contribution in [0.3, 0.4) is 0 Å². The van der Waals surface area contributed by atoms with Crippen molar-refractivity contribution >= 4 is 16.0 Å². The minimum atomic E-state index is -4.43. The van der Waals surface area contributed by atoms with Gasteiger partial charge in [-0.2, -0.15) is 8.42 Å². The summed E-state index contributed by atoms with van der Waals surface area (Å²) >= 11 is 0. The van der Waals surface area contributed by atoms with E-state index < -0.39 is 40.0 Å². The van der Waals surface area contributed by atoms with Crippen molar-refractivity contribution in [2.24, 2.45) is 0 Å². The maximum atomic E-state index is 12.5. The molecule has 1 amide bonds. The molecule has 0 radical (unpaired) electrons. The van der Waals surface area contributed by atoms with E-state index in [1.165, 1.54) is 109 Å². The zero-order chi connectivity index (χ0) is 34.1. The molecule has 0 rings (SSSR count). The van der Waals surface area contributed by atoms with Crippen LogP contribution in [0.4, 0.5) is 0 Å². The van der Waals surface area contributed by atoms with Crippen molar-refractivity contribution < 1.29 is 28.0 Å². The molecule has 0 aromatic carbocycles. The van der Waals surface area contributed by atoms with Crippen molar-refractivity contribution in [2.45, 2.75) is 205 Å². The Morgan fingerprint density at radius 1 is 0.587 bits per heavy atom. The van der Waals surface area contributed by atoms with Crippen molar-refractivity contribution in [2.75, 3.05) is 5.75 Å². The van der Waals surface area contributed by atoms with Crippen molar-refractivity contribution in [3.05, 3.63) is 24.3 Å². The number of unbranched alkanes of at least 4 members (excludes halogenated alkanes) is 23. The van der Waals surface area contributed by atoms with Gasteiger partial charge in [0, 0.05) is 0 Å². The first-order chi connectivity index (χ1) is 22.2. The number of hydrogen-bond donors (Lipinski definition) is 4. The maximum Gasteiger partial charge on any atom is 0.267 e. The summed E-state index contributed by atoms with van der Waals surface area (Å²) in [5, 5.41) is 23.2. The van der Waals surface area contributed by atoms with Crippen LogP contribution < -0.4 is 5.32 Å². The van der Waals surface area contributed by atoms with E-state index in [-0.39, 0.29) is 6.42 Å². The molecular formula is C38H73NO6S. The number of rotatable bonds is 34. The Kier molecular flexibility index (Phi) is 31.5. The van der Waals surface area contributed by atoms with Gasteiger partial charge >= 0.3 is 0 Å². The second-order valence-corrected chi connectivity index (χ2v) is 14.8. The predicted octanol–water partition coefficient (Wildman–Crippen LogP) is 9.77. The van der Waals surface area contributed by atoms with Crippen LogP contribution in [0, 0.1) is 0 Å². The summed E-state index contributed by atoms with van der Waals surface area (Å²) < 4.78 is 32.2. The first-order valence-corrected chi connectivity index (χ1v) is 20.8. The van der Waals surface area contributed by atoms with Crippen molar-refractivity contribution in [3.63, 3.8) is 0 Å². The molecule has 0 aromatic heterocycles. The fourth-order valence-electron chi connectivity index (χ4n) is 5.74. The largest absolute Gasteiger partial charge is 0.387 e. The molecular weight excluding hydrogens is 598 g/mol. The third-order valence-corrected chi connectivity index (χ3v) is 9.51. The van der Waals surface area contributed by atoms with Gasteiger partial charge in [0.05, 0.1) is 17.9 Å². The van der Waals surface area contributed by atoms with E-state index >= 15 is 0 Å². The Balaban J connectivity index is 3.89. The lowest BCUT2D eigenvalue weighted by Crippen LogP contribution is -2.50. The first kappa shape index (κ1) is 44.8. The molecule has 46 heavy (non-hydrogen) atoms. The third-order valence-electron chi connectivity index (χ3n) is 8.73. The molecule has 272 valence electrons. The smallest absolute Gasteiger partial charge is 0.267 e. The molecule has 0 spiro atoms. The molecule has 7 nitrogen and oxygen atoms in total. The number of carbonyl (C=O) groups excluding carboxylic acids is 1. The van der Waals surface area contributed by atoms with Gasteiger partial charge in [0.1, 0.15) is 6.10 Å². The highest BCUT2D eigenvalue weighted by atomic mass is 32.2. The molecule has 0 aliphatic rings. The monoisotopic (exact) mass is 672 g/mol. The standard InChI is InChI=1S/C38H73NO6S/c1-3-5-7-9-11-12-13-14-15-16-17-18-19-20-21-22-23-24-25-27-29-31-33-37(41)38(42)39-35(34-46(43,44)45)36(40)32-30-28-26-10-8-6-4-2/h20-21,30,32,35-37,40-41H,3-19,22-29,31,33-34H2,1-2H3,(H,39,42)(H,43,44,45)/b21-20-,32-30+. The van der Waals surface area contributed by atoms with Crippen molar-refractivity contribution in [3.8, 4) is 0 Å². The van der Waals surface area contributed by atoms with E-state index in [0.717, 1.165) is 57.8 Å². The Hall–Kier alpha value is -1.22. The van der Waals surface area contributed by atoms with Gasteiger partial charge in [-0.05, 0) is 44.9 Å². The number of aliphatic hydroxyl groups excluding tert-OH is 2. The van der Waals surface area contributed by atoms with Gasteiger partial charge in [-0.15, -0.1) is 0 Å². The molecule has 0 aliphatic heterocycles. The average molecular weight is 672 g/mol. The topological polar surface area (TPSA) is 124 Å². The zero-order valence-corrected chi connectivity index (χ0v) is 30.6. The van der Waals surface area contributed by atoms with Gasteiger partial charge in [0.15, 0.2) is 0 Å². The van der Waals surface area contributed by atoms with Crippen LogP contribution in [-0.2, 0) is 14.9 Å². The van der Waals surface area contributed by atoms with E-state index in [4.69, 9.17) is 0 Å². The van der Waals surface area contributed by atoms with E-state index in [0.29, 0.717) is 6.42 Å². The Morgan fingerprint density at radius 3 is 1.37 bits per heavy atom. The second-order valence-electron chi connectivity index (χ2n) is 13.3. The maximum absolute atomic E-state index is 12.5. The van der Waals surface area contributed by atoms with E-state index in [9.17, 15) is 28.0 Å². The lowest BCUT2D eigenvalue weighted by Gasteiger charge is -2.22. The first-order valence-electron chi connectivity index (χ1n) is 19.1. The molecule has 0 heterocycles. The van der Waals surface area contributed by atoms with Crippen LogP contribution >= 0.6 is 0 Å². The van der Waals surface area contributed by atoms with Gasteiger partial charge < -0.3 is 15.5 Å². The summed E-state index contributed by atoms with van der Waals surface area (Å²) in [6.07, 6.45) is 37.0. The predicted molar refractivity (Wildman–Crippen MR) is 195 cm³/mol. The average Bonchev–Trinajstić information content (AvgIpc) is 3.01. The summed E-state index contributed by atoms with van der Waals surface area (Å²) in [7, 11) is -4.43. The van der Waals surface area contributed by atoms with Gasteiger partial charge in [0.2, 0.25) is 5.91 Å². The number of allylic oxidation sites excluding steroid dienone is 3. The summed E-state index contributed by atoms with van der Waals surface area (Å²) in [4.78, 5) is 12.5. The van der Waals surface area contributed by atoms with Crippen LogP contribution in [0.5, 0.6) is 0 Å². The summed E-state index contributed by atoms with van der Waals surface area (Å²) in [5.74, 6) is -1.54. The summed E-state index contributed by atoms with van der Waals surface area (Å²) in [6, 6.07) is -1.23. The van der Waals surface area contributed by atoms with Crippen molar-refractivity contribution in [1.29, 1.82) is 0 Å². The van der Waals surface area contributed by atoms with E-state index in [1.54, 1.807) is 6.08 Å². The molecule has 0 saturated heterocycles. The molecule has 0 fully saturated rings. The van der Waals surface area contributed by atoms with Gasteiger partial charge in [-0.1, -0.05) is 167 Å². The molecule has 4 N–H and O–H groups in total. The molecule has 0 bridgehead atoms. The molecule has 0 aromatic rings.